The molecule has 0 fully saturated rings. The molecule has 0 aliphatic heterocycles. The third-order valence-corrected chi connectivity index (χ3v) is 5.77. The number of hydrogen-bond acceptors (Lipinski definition) is 5. The van der Waals surface area contributed by atoms with Crippen LogP contribution in [0.25, 0.3) is 0 Å². The van der Waals surface area contributed by atoms with Crippen molar-refractivity contribution >= 4 is 41.8 Å². The minimum Gasteiger partial charge on any atom is -0.478 e. The highest BCUT2D eigenvalue weighted by molar-refractivity contribution is 9.10. The number of sulfonamides is 1. The van der Waals surface area contributed by atoms with E-state index < -0.39 is 31.9 Å². The molecule has 1 atom stereocenters. The Labute approximate surface area is 131 Å². The van der Waals surface area contributed by atoms with Gasteiger partial charge in [0.2, 0.25) is 10.0 Å². The fraction of sp³-hybridized carbons (Fsp3) is 0.364. The molecule has 7 nitrogen and oxygen atoms in total. The molecule has 0 aliphatic rings. The zero-order chi connectivity index (χ0) is 16.4. The van der Waals surface area contributed by atoms with Crippen LogP contribution in [-0.2, 0) is 19.9 Å². The Balaban J connectivity index is 3.09. The Morgan fingerprint density at radius 1 is 1.33 bits per heavy atom. The van der Waals surface area contributed by atoms with Crippen LogP contribution < -0.4 is 4.72 Å². The standard InChI is InChI=1S/C11H14BrNO6S2/c1-7(6-20(2,16)17)13-21(18,19)8-3-4-10(12)9(5-8)11(14)15/h3-5,7,13H,6H2,1-2H3,(H,14,15). The van der Waals surface area contributed by atoms with Gasteiger partial charge >= 0.3 is 5.97 Å². The molecule has 118 valence electrons. The van der Waals surface area contributed by atoms with Crippen LogP contribution in [0.5, 0.6) is 0 Å². The largest absolute Gasteiger partial charge is 0.478 e. The lowest BCUT2D eigenvalue weighted by Crippen LogP contribution is -2.37. The molecular weight excluding hydrogens is 386 g/mol. The molecule has 0 aliphatic carbocycles. The number of hydrogen-bond donors (Lipinski definition) is 2. The lowest BCUT2D eigenvalue weighted by Gasteiger charge is -2.13. The SMILES string of the molecule is CC(CS(C)(=O)=O)NS(=O)(=O)c1ccc(Br)c(C(=O)O)c1. The van der Waals surface area contributed by atoms with E-state index >= 15 is 0 Å². The van der Waals surface area contributed by atoms with Crippen LogP contribution in [0.4, 0.5) is 0 Å². The predicted molar refractivity (Wildman–Crippen MR) is 80.6 cm³/mol. The summed E-state index contributed by atoms with van der Waals surface area (Å²) in [5.74, 6) is -1.63. The van der Waals surface area contributed by atoms with Gasteiger partial charge in [0.15, 0.2) is 0 Å². The Kier molecular flexibility index (Phi) is 5.53. The maximum Gasteiger partial charge on any atom is 0.336 e. The van der Waals surface area contributed by atoms with Crippen molar-refractivity contribution in [2.45, 2.75) is 17.9 Å². The molecule has 0 bridgehead atoms. The number of sulfone groups is 1. The summed E-state index contributed by atoms with van der Waals surface area (Å²) >= 11 is 3.01. The van der Waals surface area contributed by atoms with Crippen LogP contribution in [-0.4, -0.2) is 46.0 Å². The number of carboxylic acids is 1. The maximum atomic E-state index is 12.1. The molecule has 0 saturated heterocycles. The summed E-state index contributed by atoms with van der Waals surface area (Å²) in [6.07, 6.45) is 1.000. The fourth-order valence-corrected chi connectivity index (χ4v) is 4.44. The molecule has 0 aromatic heterocycles. The van der Waals surface area contributed by atoms with Crippen LogP contribution in [0, 0.1) is 0 Å². The molecular formula is C11H14BrNO6S2. The van der Waals surface area contributed by atoms with E-state index in [4.69, 9.17) is 5.11 Å². The number of nitrogens with one attached hydrogen (secondary N) is 1. The van der Waals surface area contributed by atoms with E-state index in [0.29, 0.717) is 0 Å². The van der Waals surface area contributed by atoms with Crippen LogP contribution in [0.3, 0.4) is 0 Å². The Morgan fingerprint density at radius 3 is 2.38 bits per heavy atom. The maximum absolute atomic E-state index is 12.1. The zero-order valence-electron chi connectivity index (χ0n) is 11.2. The molecule has 1 aromatic rings. The van der Waals surface area contributed by atoms with Gasteiger partial charge in [-0.1, -0.05) is 0 Å². The van der Waals surface area contributed by atoms with Gasteiger partial charge in [0.05, 0.1) is 16.2 Å². The summed E-state index contributed by atoms with van der Waals surface area (Å²) in [4.78, 5) is 10.7. The van der Waals surface area contributed by atoms with Crippen molar-refractivity contribution in [1.82, 2.24) is 4.72 Å². The van der Waals surface area contributed by atoms with Gasteiger partial charge in [-0.2, -0.15) is 0 Å². The Bertz CT molecular complexity index is 757. The van der Waals surface area contributed by atoms with Crippen LogP contribution >= 0.6 is 15.9 Å². The van der Waals surface area contributed by atoms with Gasteiger partial charge in [-0.05, 0) is 41.1 Å². The number of aromatic carboxylic acids is 1. The Morgan fingerprint density at radius 2 is 1.90 bits per heavy atom. The van der Waals surface area contributed by atoms with Crippen molar-refractivity contribution in [1.29, 1.82) is 0 Å². The van der Waals surface area contributed by atoms with E-state index in [1.807, 2.05) is 0 Å². The van der Waals surface area contributed by atoms with Gasteiger partial charge in [0.25, 0.3) is 0 Å². The summed E-state index contributed by atoms with van der Waals surface area (Å²) in [5, 5.41) is 8.97. The van der Waals surface area contributed by atoms with Crippen LogP contribution in [0.15, 0.2) is 27.6 Å². The quantitative estimate of drug-likeness (QED) is 0.732. The van der Waals surface area contributed by atoms with Gasteiger partial charge in [-0.25, -0.2) is 26.4 Å². The molecule has 0 saturated carbocycles. The minimum atomic E-state index is -4.00. The summed E-state index contributed by atoms with van der Waals surface area (Å²) in [6, 6.07) is 2.70. The monoisotopic (exact) mass is 399 g/mol. The third-order valence-electron chi connectivity index (χ3n) is 2.39. The third kappa shape index (κ3) is 5.38. The average molecular weight is 400 g/mol. The van der Waals surface area contributed by atoms with E-state index in [1.165, 1.54) is 19.1 Å². The highest BCUT2D eigenvalue weighted by atomic mass is 79.9. The average Bonchev–Trinajstić information content (AvgIpc) is 2.24. The number of benzene rings is 1. The first kappa shape index (κ1) is 18.1. The van der Waals surface area contributed by atoms with Crippen molar-refractivity contribution in [3.8, 4) is 0 Å². The second-order valence-corrected chi connectivity index (χ2v) is 9.31. The van der Waals surface area contributed by atoms with E-state index in [1.54, 1.807) is 0 Å². The molecule has 10 heteroatoms. The molecule has 21 heavy (non-hydrogen) atoms. The van der Waals surface area contributed by atoms with Crippen molar-refractivity contribution in [2.75, 3.05) is 12.0 Å². The highest BCUT2D eigenvalue weighted by Gasteiger charge is 2.22. The van der Waals surface area contributed by atoms with Crippen molar-refractivity contribution in [3.63, 3.8) is 0 Å². The van der Waals surface area contributed by atoms with Crippen LogP contribution in [0.2, 0.25) is 0 Å². The number of rotatable bonds is 6. The first-order valence-corrected chi connectivity index (χ1v) is 9.99. The molecule has 1 aromatic carbocycles. The number of halogens is 1. The normalized spacial score (nSPS) is 13.9. The zero-order valence-corrected chi connectivity index (χ0v) is 14.4. The molecule has 0 spiro atoms. The molecule has 0 amide bonds. The molecule has 2 N–H and O–H groups in total. The molecule has 0 radical (unpaired) electrons. The van der Waals surface area contributed by atoms with E-state index in [0.717, 1.165) is 12.3 Å². The summed E-state index contributed by atoms with van der Waals surface area (Å²) < 4.78 is 48.9. The minimum absolute atomic E-state index is 0.200. The van der Waals surface area contributed by atoms with Crippen molar-refractivity contribution in [3.05, 3.63) is 28.2 Å². The van der Waals surface area contributed by atoms with Crippen molar-refractivity contribution in [2.24, 2.45) is 0 Å². The fourth-order valence-electron chi connectivity index (χ4n) is 1.66. The van der Waals surface area contributed by atoms with Gasteiger partial charge in [0.1, 0.15) is 9.84 Å². The van der Waals surface area contributed by atoms with Gasteiger partial charge in [-0.3, -0.25) is 0 Å². The number of carbonyl (C=O) groups is 1. The van der Waals surface area contributed by atoms with Gasteiger partial charge in [-0.15, -0.1) is 0 Å². The van der Waals surface area contributed by atoms with Gasteiger partial charge < -0.3 is 5.11 Å². The molecule has 1 unspecified atom stereocenters. The van der Waals surface area contributed by atoms with Crippen LogP contribution in [0.1, 0.15) is 17.3 Å². The summed E-state index contributed by atoms with van der Waals surface area (Å²) in [6.45, 7) is 1.41. The van der Waals surface area contributed by atoms with Crippen molar-refractivity contribution < 1.29 is 26.7 Å². The smallest absolute Gasteiger partial charge is 0.336 e. The number of carboxylic acid groups (broad SMARTS) is 1. The first-order chi connectivity index (χ1) is 9.42. The second-order valence-electron chi connectivity index (χ2n) is 4.56. The lowest BCUT2D eigenvalue weighted by atomic mass is 10.2. The molecule has 0 heterocycles. The van der Waals surface area contributed by atoms with E-state index in [9.17, 15) is 21.6 Å². The topological polar surface area (TPSA) is 118 Å². The van der Waals surface area contributed by atoms with E-state index in [2.05, 4.69) is 20.7 Å². The molecule has 1 rings (SSSR count). The van der Waals surface area contributed by atoms with Gasteiger partial charge in [0, 0.05) is 16.8 Å². The summed E-state index contributed by atoms with van der Waals surface area (Å²) in [7, 11) is -7.34. The highest BCUT2D eigenvalue weighted by Crippen LogP contribution is 2.21. The first-order valence-electron chi connectivity index (χ1n) is 5.65. The second kappa shape index (κ2) is 6.42. The Hall–Kier alpha value is -0.970. The summed E-state index contributed by atoms with van der Waals surface area (Å²) in [5.41, 5.74) is -0.200. The predicted octanol–water partition coefficient (Wildman–Crippen LogP) is 0.859. The lowest BCUT2D eigenvalue weighted by molar-refractivity contribution is 0.0695. The van der Waals surface area contributed by atoms with E-state index in [-0.39, 0.29) is 20.7 Å².